The van der Waals surface area contributed by atoms with Crippen molar-refractivity contribution in [2.45, 2.75) is 13.0 Å². The quantitative estimate of drug-likeness (QED) is 0.264. The number of rotatable bonds is 3. The van der Waals surface area contributed by atoms with E-state index in [0.717, 1.165) is 6.26 Å². The van der Waals surface area contributed by atoms with Gasteiger partial charge in [0.1, 0.15) is 0 Å². The van der Waals surface area contributed by atoms with E-state index in [4.69, 9.17) is 5.84 Å². The maximum absolute atomic E-state index is 10.6. The third-order valence-electron chi connectivity index (χ3n) is 0.926. The van der Waals surface area contributed by atoms with E-state index in [1.54, 1.807) is 0 Å². The van der Waals surface area contributed by atoms with Crippen molar-refractivity contribution in [3.8, 4) is 0 Å². The summed E-state index contributed by atoms with van der Waals surface area (Å²) in [6.07, 6.45) is 0.966. The zero-order valence-corrected chi connectivity index (χ0v) is 7.10. The highest BCUT2D eigenvalue weighted by Gasteiger charge is 2.14. The normalized spacial score (nSPS) is 14.1. The fraction of sp³-hybridized carbons (Fsp3) is 0.750. The van der Waals surface area contributed by atoms with Crippen molar-refractivity contribution in [1.82, 2.24) is 10.1 Å². The van der Waals surface area contributed by atoms with Crippen LogP contribution in [0, 0.1) is 0 Å². The third kappa shape index (κ3) is 4.71. The summed E-state index contributed by atoms with van der Waals surface area (Å²) in [5.74, 6) is 4.18. The molecule has 0 unspecified atom stereocenters. The molecule has 0 rings (SSSR count). The molecule has 0 aromatic heterocycles. The molecule has 1 amide bonds. The zero-order valence-electron chi connectivity index (χ0n) is 6.29. The summed E-state index contributed by atoms with van der Waals surface area (Å²) in [6, 6.07) is -0.838. The molecule has 0 fully saturated rings. The van der Waals surface area contributed by atoms with Crippen molar-refractivity contribution in [2.24, 2.45) is 5.84 Å². The molecule has 0 spiro atoms. The highest BCUT2D eigenvalue weighted by atomic mass is 32.2. The summed E-state index contributed by atoms with van der Waals surface area (Å²) < 4.78 is 23.1. The molecule has 0 aliphatic rings. The Morgan fingerprint density at radius 1 is 1.55 bits per heavy atom. The maximum atomic E-state index is 10.6. The third-order valence-corrected chi connectivity index (χ3v) is 1.71. The van der Waals surface area contributed by atoms with Gasteiger partial charge in [0, 0.05) is 0 Å². The second kappa shape index (κ2) is 3.65. The SMILES string of the molecule is C[C@H](NS(C)(=O)=O)C(=O)NN. The van der Waals surface area contributed by atoms with Gasteiger partial charge in [0.05, 0.1) is 12.3 Å². The van der Waals surface area contributed by atoms with E-state index in [9.17, 15) is 13.2 Å². The zero-order chi connectivity index (χ0) is 9.07. The molecule has 0 aromatic rings. The van der Waals surface area contributed by atoms with Gasteiger partial charge in [0.2, 0.25) is 10.0 Å². The van der Waals surface area contributed by atoms with Gasteiger partial charge in [-0.2, -0.15) is 0 Å². The number of sulfonamides is 1. The Labute approximate surface area is 65.2 Å². The van der Waals surface area contributed by atoms with E-state index < -0.39 is 22.0 Å². The molecule has 11 heavy (non-hydrogen) atoms. The van der Waals surface area contributed by atoms with E-state index in [1.165, 1.54) is 6.92 Å². The molecule has 0 heterocycles. The molecule has 66 valence electrons. The molecule has 0 saturated carbocycles. The second-order valence-electron chi connectivity index (χ2n) is 2.12. The van der Waals surface area contributed by atoms with Crippen molar-refractivity contribution in [2.75, 3.05) is 6.26 Å². The van der Waals surface area contributed by atoms with Crippen LogP contribution in [-0.2, 0) is 14.8 Å². The first-order valence-electron chi connectivity index (χ1n) is 2.84. The van der Waals surface area contributed by atoms with E-state index in [-0.39, 0.29) is 0 Å². The topological polar surface area (TPSA) is 101 Å². The van der Waals surface area contributed by atoms with Gasteiger partial charge in [-0.25, -0.2) is 19.0 Å². The second-order valence-corrected chi connectivity index (χ2v) is 3.90. The van der Waals surface area contributed by atoms with E-state index in [0.29, 0.717) is 0 Å². The number of nitrogens with one attached hydrogen (secondary N) is 2. The Balaban J connectivity index is 4.09. The Morgan fingerprint density at radius 2 is 2.00 bits per heavy atom. The van der Waals surface area contributed by atoms with Gasteiger partial charge < -0.3 is 0 Å². The number of amides is 1. The summed E-state index contributed by atoms with van der Waals surface area (Å²) in [7, 11) is -3.34. The van der Waals surface area contributed by atoms with Crippen LogP contribution in [0.4, 0.5) is 0 Å². The molecule has 0 saturated heterocycles. The monoisotopic (exact) mass is 181 g/mol. The first kappa shape index (κ1) is 10.3. The molecule has 0 aliphatic heterocycles. The van der Waals surface area contributed by atoms with Crippen molar-refractivity contribution < 1.29 is 13.2 Å². The molecule has 6 nitrogen and oxygen atoms in total. The van der Waals surface area contributed by atoms with Crippen LogP contribution in [-0.4, -0.2) is 26.6 Å². The lowest BCUT2D eigenvalue weighted by atomic mass is 10.4. The largest absolute Gasteiger partial charge is 0.293 e. The van der Waals surface area contributed by atoms with Crippen LogP contribution >= 0.6 is 0 Å². The summed E-state index contributed by atoms with van der Waals surface area (Å²) in [4.78, 5) is 10.6. The number of nitrogens with two attached hydrogens (primary N) is 1. The Hall–Kier alpha value is -0.660. The minimum Gasteiger partial charge on any atom is -0.293 e. The highest BCUT2D eigenvalue weighted by Crippen LogP contribution is 1.83. The molecule has 0 radical (unpaired) electrons. The lowest BCUT2D eigenvalue weighted by molar-refractivity contribution is -0.122. The van der Waals surface area contributed by atoms with E-state index in [2.05, 4.69) is 0 Å². The van der Waals surface area contributed by atoms with Gasteiger partial charge in [0.25, 0.3) is 5.91 Å². The lowest BCUT2D eigenvalue weighted by Crippen LogP contribution is -2.46. The molecule has 4 N–H and O–H groups in total. The number of hydrogen-bond donors (Lipinski definition) is 3. The van der Waals surface area contributed by atoms with Crippen LogP contribution in [0.3, 0.4) is 0 Å². The van der Waals surface area contributed by atoms with Crippen LogP contribution < -0.4 is 16.0 Å². The van der Waals surface area contributed by atoms with Gasteiger partial charge in [-0.3, -0.25) is 10.2 Å². The predicted octanol–water partition coefficient (Wildman–Crippen LogP) is -2.09. The predicted molar refractivity (Wildman–Crippen MR) is 39.8 cm³/mol. The van der Waals surface area contributed by atoms with Gasteiger partial charge in [-0.15, -0.1) is 0 Å². The lowest BCUT2D eigenvalue weighted by Gasteiger charge is -2.08. The average molecular weight is 181 g/mol. The van der Waals surface area contributed by atoms with Gasteiger partial charge in [-0.1, -0.05) is 0 Å². The molecule has 1 atom stereocenters. The number of hydrogen-bond acceptors (Lipinski definition) is 4. The highest BCUT2D eigenvalue weighted by molar-refractivity contribution is 7.88. The Kier molecular flexibility index (Phi) is 3.43. The van der Waals surface area contributed by atoms with Crippen LogP contribution in [0.25, 0.3) is 0 Å². The molecule has 7 heteroatoms. The molecular formula is C4H11N3O3S. The first-order chi connectivity index (χ1) is 4.87. The Morgan fingerprint density at radius 3 is 2.27 bits per heavy atom. The molecule has 0 aromatic carbocycles. The van der Waals surface area contributed by atoms with E-state index in [1.807, 2.05) is 10.1 Å². The summed E-state index contributed by atoms with van der Waals surface area (Å²) in [5.41, 5.74) is 1.82. The smallest absolute Gasteiger partial charge is 0.251 e. The van der Waals surface area contributed by atoms with Crippen molar-refractivity contribution in [3.05, 3.63) is 0 Å². The maximum Gasteiger partial charge on any atom is 0.251 e. The number of hydrazine groups is 1. The first-order valence-corrected chi connectivity index (χ1v) is 4.73. The van der Waals surface area contributed by atoms with Crippen LogP contribution in [0.5, 0.6) is 0 Å². The fourth-order valence-electron chi connectivity index (χ4n) is 0.500. The molecule has 0 aliphatic carbocycles. The number of carbonyl (C=O) groups excluding carboxylic acids is 1. The van der Waals surface area contributed by atoms with Crippen LogP contribution in [0.15, 0.2) is 0 Å². The van der Waals surface area contributed by atoms with Gasteiger partial charge >= 0.3 is 0 Å². The minimum absolute atomic E-state index is 0.574. The summed E-state index contributed by atoms with van der Waals surface area (Å²) >= 11 is 0. The average Bonchev–Trinajstić information content (AvgIpc) is 1.82. The summed E-state index contributed by atoms with van der Waals surface area (Å²) in [6.45, 7) is 1.39. The minimum atomic E-state index is -3.34. The van der Waals surface area contributed by atoms with Gasteiger partial charge in [-0.05, 0) is 6.92 Å². The van der Waals surface area contributed by atoms with Gasteiger partial charge in [0.15, 0.2) is 0 Å². The number of carbonyl (C=O) groups is 1. The molecular weight excluding hydrogens is 170 g/mol. The standard InChI is InChI=1S/C4H11N3O3S/c1-3(4(8)6-5)7-11(2,9)10/h3,7H,5H2,1-2H3,(H,6,8)/t3-/m0/s1. The van der Waals surface area contributed by atoms with Crippen molar-refractivity contribution >= 4 is 15.9 Å². The van der Waals surface area contributed by atoms with E-state index >= 15 is 0 Å². The summed E-state index contributed by atoms with van der Waals surface area (Å²) in [5, 5.41) is 0. The Bertz CT molecular complexity index is 235. The van der Waals surface area contributed by atoms with Crippen molar-refractivity contribution in [1.29, 1.82) is 0 Å². The van der Waals surface area contributed by atoms with Crippen LogP contribution in [0.1, 0.15) is 6.92 Å². The fourth-order valence-corrected chi connectivity index (χ4v) is 1.25. The molecule has 0 bridgehead atoms. The van der Waals surface area contributed by atoms with Crippen LogP contribution in [0.2, 0.25) is 0 Å². The van der Waals surface area contributed by atoms with Crippen molar-refractivity contribution in [3.63, 3.8) is 0 Å².